The Kier molecular flexibility index (Phi) is 4.80. The Morgan fingerprint density at radius 1 is 1.27 bits per heavy atom. The molecule has 0 saturated heterocycles. The van der Waals surface area contributed by atoms with E-state index in [-0.39, 0.29) is 36.0 Å². The molecule has 2 heterocycles. The van der Waals surface area contributed by atoms with Crippen LogP contribution in [0, 0.1) is 0 Å². The summed E-state index contributed by atoms with van der Waals surface area (Å²) in [5, 5.41) is 23.8. The first kappa shape index (κ1) is 17.4. The molecule has 0 saturated carbocycles. The topological polar surface area (TPSA) is 140 Å². The van der Waals surface area contributed by atoms with E-state index in [1.54, 1.807) is 6.07 Å². The normalized spacial score (nSPS) is 14.3. The molecule has 1 aliphatic rings. The summed E-state index contributed by atoms with van der Waals surface area (Å²) in [4.78, 5) is 25.6. The molecule has 0 fully saturated rings. The molecule has 3 rings (SSSR count). The van der Waals surface area contributed by atoms with Gasteiger partial charge in [-0.2, -0.15) is 5.21 Å². The van der Waals surface area contributed by atoms with Crippen LogP contribution in [0.25, 0.3) is 11.4 Å². The number of ether oxygens (including phenoxy) is 3. The molecule has 2 N–H and O–H groups in total. The van der Waals surface area contributed by atoms with E-state index in [4.69, 9.17) is 14.2 Å². The molecule has 2 aromatic rings. The summed E-state index contributed by atoms with van der Waals surface area (Å²) in [5.74, 6) is -1.35. The van der Waals surface area contributed by atoms with E-state index in [2.05, 4.69) is 20.6 Å². The summed E-state index contributed by atoms with van der Waals surface area (Å²) in [6, 6.07) is 4.52. The maximum Gasteiger partial charge on any atom is 0.355 e. The predicted molar refractivity (Wildman–Crippen MR) is 85.6 cm³/mol. The molecule has 11 nitrogen and oxygen atoms in total. The van der Waals surface area contributed by atoms with Crippen molar-refractivity contribution in [2.45, 2.75) is 0 Å². The van der Waals surface area contributed by atoms with Crippen molar-refractivity contribution in [3.05, 3.63) is 29.5 Å². The van der Waals surface area contributed by atoms with Crippen LogP contribution in [-0.2, 0) is 23.8 Å². The Balaban J connectivity index is 2.13. The smallest absolute Gasteiger partial charge is 0.355 e. The van der Waals surface area contributed by atoms with E-state index in [0.29, 0.717) is 11.4 Å². The van der Waals surface area contributed by atoms with Gasteiger partial charge in [-0.25, -0.2) is 9.59 Å². The number of hydrogen-bond acceptors (Lipinski definition) is 10. The van der Waals surface area contributed by atoms with Crippen molar-refractivity contribution >= 4 is 17.6 Å². The fourth-order valence-corrected chi connectivity index (χ4v) is 2.50. The van der Waals surface area contributed by atoms with Gasteiger partial charge in [0.15, 0.2) is 0 Å². The third kappa shape index (κ3) is 3.07. The monoisotopic (exact) mass is 361 g/mol. The number of carbonyl (C=O) groups excluding carboxylic acids is 2. The van der Waals surface area contributed by atoms with Crippen molar-refractivity contribution in [3.8, 4) is 17.1 Å². The summed E-state index contributed by atoms with van der Waals surface area (Å²) < 4.78 is 14.9. The van der Waals surface area contributed by atoms with Crippen molar-refractivity contribution in [2.24, 2.45) is 0 Å². The van der Waals surface area contributed by atoms with Crippen molar-refractivity contribution in [1.82, 2.24) is 20.6 Å². The van der Waals surface area contributed by atoms with Crippen LogP contribution in [0.5, 0.6) is 5.75 Å². The molecule has 0 bridgehead atoms. The number of anilines is 1. The van der Waals surface area contributed by atoms with Gasteiger partial charge in [0.2, 0.25) is 5.82 Å². The third-order valence-corrected chi connectivity index (χ3v) is 3.70. The highest BCUT2D eigenvalue weighted by Gasteiger charge is 2.33. The van der Waals surface area contributed by atoms with Crippen LogP contribution >= 0.6 is 0 Å². The van der Waals surface area contributed by atoms with Gasteiger partial charge in [0.25, 0.3) is 0 Å². The lowest BCUT2D eigenvalue weighted by Gasteiger charge is -2.31. The van der Waals surface area contributed by atoms with Gasteiger partial charge < -0.3 is 24.2 Å². The van der Waals surface area contributed by atoms with E-state index in [0.717, 1.165) is 0 Å². The Morgan fingerprint density at radius 2 is 2.04 bits per heavy atom. The van der Waals surface area contributed by atoms with E-state index < -0.39 is 11.9 Å². The molecule has 1 aromatic heterocycles. The average Bonchev–Trinajstić information content (AvgIpc) is 3.21. The first-order valence-electron chi connectivity index (χ1n) is 7.38. The Bertz CT molecular complexity index is 863. The molecular weight excluding hydrogens is 346 g/mol. The number of phenolic OH excluding ortho intramolecular Hbond substituents is 1. The summed E-state index contributed by atoms with van der Waals surface area (Å²) in [5.41, 5.74) is 0.635. The number of aromatic amines is 1. The van der Waals surface area contributed by atoms with Crippen LogP contribution in [0.4, 0.5) is 5.69 Å². The maximum absolute atomic E-state index is 12.3. The molecule has 0 spiro atoms. The molecular formula is C15H15N5O6. The minimum absolute atomic E-state index is 0.0186. The number of rotatable bonds is 4. The molecule has 1 aliphatic heterocycles. The second-order valence-corrected chi connectivity index (χ2v) is 5.15. The molecule has 0 radical (unpaired) electrons. The van der Waals surface area contributed by atoms with Crippen molar-refractivity contribution < 1.29 is 28.9 Å². The molecule has 0 aliphatic carbocycles. The van der Waals surface area contributed by atoms with Crippen LogP contribution in [-0.4, -0.2) is 65.2 Å². The number of aromatic hydroxyl groups is 1. The highest BCUT2D eigenvalue weighted by atomic mass is 16.5. The lowest BCUT2D eigenvalue weighted by molar-refractivity contribution is -0.140. The van der Waals surface area contributed by atoms with Crippen molar-refractivity contribution in [3.63, 3.8) is 0 Å². The van der Waals surface area contributed by atoms with Gasteiger partial charge in [-0.15, -0.1) is 10.2 Å². The number of nitrogens with one attached hydrogen (secondary N) is 1. The molecule has 0 amide bonds. The summed E-state index contributed by atoms with van der Waals surface area (Å²) in [6.45, 7) is -0.215. The lowest BCUT2D eigenvalue weighted by Crippen LogP contribution is -2.38. The van der Waals surface area contributed by atoms with Crippen LogP contribution in [0.1, 0.15) is 0 Å². The number of nitrogens with zero attached hydrogens (tertiary/aromatic N) is 4. The number of benzene rings is 1. The maximum atomic E-state index is 12.3. The fourth-order valence-electron chi connectivity index (χ4n) is 2.50. The van der Waals surface area contributed by atoms with Crippen molar-refractivity contribution in [1.29, 1.82) is 0 Å². The van der Waals surface area contributed by atoms with Gasteiger partial charge in [-0.05, 0) is 23.4 Å². The van der Waals surface area contributed by atoms with Crippen LogP contribution in [0.2, 0.25) is 0 Å². The third-order valence-electron chi connectivity index (χ3n) is 3.70. The van der Waals surface area contributed by atoms with E-state index >= 15 is 0 Å². The average molecular weight is 361 g/mol. The predicted octanol–water partition coefficient (Wildman–Crippen LogP) is -0.0335. The van der Waals surface area contributed by atoms with E-state index in [1.165, 1.54) is 31.3 Å². The molecule has 136 valence electrons. The zero-order chi connectivity index (χ0) is 18.7. The highest BCUT2D eigenvalue weighted by molar-refractivity contribution is 6.03. The lowest BCUT2D eigenvalue weighted by atomic mass is 10.1. The molecule has 1 aromatic carbocycles. The Labute approximate surface area is 147 Å². The number of methoxy groups -OCH3 is 2. The number of aromatic nitrogens is 4. The molecule has 0 unspecified atom stereocenters. The Hall–Kier alpha value is -3.47. The quantitative estimate of drug-likeness (QED) is 0.713. The van der Waals surface area contributed by atoms with Gasteiger partial charge in [-0.3, -0.25) is 0 Å². The first-order valence-corrected chi connectivity index (χ1v) is 7.38. The van der Waals surface area contributed by atoms with Crippen LogP contribution in [0.15, 0.2) is 29.5 Å². The minimum Gasteiger partial charge on any atom is -0.506 e. The second kappa shape index (κ2) is 7.19. The van der Waals surface area contributed by atoms with E-state index in [1.807, 2.05) is 0 Å². The number of carbonyl (C=O) groups is 2. The van der Waals surface area contributed by atoms with Gasteiger partial charge in [-0.1, -0.05) is 0 Å². The molecule has 0 atom stereocenters. The SMILES string of the molecule is COC(=O)C1=C(C(=O)OC)N(c2cc(-c3nn[nH]n3)ccc2O)COC1. The summed E-state index contributed by atoms with van der Waals surface area (Å²) in [6.07, 6.45) is 0. The standard InChI is InChI=1S/C15H15N5O6/c1-24-14(22)9-6-26-7-20(12(9)15(23)25-2)10-5-8(3-4-11(10)21)13-16-18-19-17-13/h3-5,21H,6-7H2,1-2H3,(H,16,17,18,19). The minimum atomic E-state index is -0.766. The van der Waals surface area contributed by atoms with Crippen molar-refractivity contribution in [2.75, 3.05) is 32.5 Å². The van der Waals surface area contributed by atoms with Gasteiger partial charge in [0.05, 0.1) is 32.1 Å². The van der Waals surface area contributed by atoms with Gasteiger partial charge in [0.1, 0.15) is 18.2 Å². The Morgan fingerprint density at radius 3 is 2.69 bits per heavy atom. The first-order chi connectivity index (χ1) is 12.6. The largest absolute Gasteiger partial charge is 0.506 e. The summed E-state index contributed by atoms with van der Waals surface area (Å²) in [7, 11) is 2.38. The van der Waals surface area contributed by atoms with Gasteiger partial charge in [0, 0.05) is 5.56 Å². The number of tetrazole rings is 1. The highest BCUT2D eigenvalue weighted by Crippen LogP contribution is 2.35. The molecule has 26 heavy (non-hydrogen) atoms. The number of H-pyrrole nitrogens is 1. The zero-order valence-corrected chi connectivity index (χ0v) is 13.9. The van der Waals surface area contributed by atoms with Crippen LogP contribution in [0.3, 0.4) is 0 Å². The summed E-state index contributed by atoms with van der Waals surface area (Å²) >= 11 is 0. The number of esters is 2. The zero-order valence-electron chi connectivity index (χ0n) is 13.9. The molecule has 11 heteroatoms. The fraction of sp³-hybridized carbons (Fsp3) is 0.267. The van der Waals surface area contributed by atoms with E-state index in [9.17, 15) is 14.7 Å². The van der Waals surface area contributed by atoms with Gasteiger partial charge >= 0.3 is 11.9 Å². The van der Waals surface area contributed by atoms with Crippen LogP contribution < -0.4 is 4.90 Å². The number of hydrogen-bond donors (Lipinski definition) is 2. The second-order valence-electron chi connectivity index (χ2n) is 5.15. The number of phenols is 1.